The molecular formula is C22H24FN5O3. The summed E-state index contributed by atoms with van der Waals surface area (Å²) in [6, 6.07) is 7.52. The molecule has 0 spiro atoms. The van der Waals surface area contributed by atoms with E-state index >= 15 is 0 Å². The van der Waals surface area contributed by atoms with Crippen LogP contribution in [-0.2, 0) is 13.0 Å². The zero-order chi connectivity index (χ0) is 22.0. The lowest BCUT2D eigenvalue weighted by Gasteiger charge is -2.37. The largest absolute Gasteiger partial charge is 0.486 e. The smallest absolute Gasteiger partial charge is 0.248 e. The van der Waals surface area contributed by atoms with Gasteiger partial charge in [0.15, 0.2) is 5.82 Å². The second-order valence-corrected chi connectivity index (χ2v) is 8.07. The zero-order valence-electron chi connectivity index (χ0n) is 17.4. The molecule has 0 aliphatic carbocycles. The molecule has 1 amide bonds. The molecule has 0 bridgehead atoms. The Labute approximate surface area is 179 Å². The SMILES string of the molecule is CC(C)Cc1noc(CN2CC(Oc3ccc(-c4ccc(C(N)=O)cc4F)nc3)C2)n1. The van der Waals surface area contributed by atoms with Gasteiger partial charge in [0, 0.05) is 30.6 Å². The molecule has 1 aromatic carbocycles. The molecule has 1 aliphatic heterocycles. The number of nitrogens with two attached hydrogens (primary N) is 1. The molecule has 1 saturated heterocycles. The number of ether oxygens (including phenoxy) is 1. The number of benzene rings is 1. The Morgan fingerprint density at radius 2 is 2.13 bits per heavy atom. The molecule has 3 heterocycles. The lowest BCUT2D eigenvalue weighted by atomic mass is 10.1. The highest BCUT2D eigenvalue weighted by Gasteiger charge is 2.30. The summed E-state index contributed by atoms with van der Waals surface area (Å²) in [6.45, 7) is 6.32. The molecule has 2 N–H and O–H groups in total. The van der Waals surface area contributed by atoms with E-state index in [2.05, 4.69) is 33.9 Å². The van der Waals surface area contributed by atoms with E-state index in [4.69, 9.17) is 15.0 Å². The van der Waals surface area contributed by atoms with E-state index in [-0.39, 0.29) is 11.7 Å². The molecule has 9 heteroatoms. The van der Waals surface area contributed by atoms with E-state index in [1.54, 1.807) is 18.3 Å². The van der Waals surface area contributed by atoms with Gasteiger partial charge >= 0.3 is 0 Å². The fourth-order valence-electron chi connectivity index (χ4n) is 3.40. The van der Waals surface area contributed by atoms with Crippen LogP contribution < -0.4 is 10.5 Å². The summed E-state index contributed by atoms with van der Waals surface area (Å²) < 4.78 is 25.5. The Kier molecular flexibility index (Phi) is 5.94. The van der Waals surface area contributed by atoms with Crippen molar-refractivity contribution in [1.82, 2.24) is 20.0 Å². The molecular weight excluding hydrogens is 401 g/mol. The Hall–Kier alpha value is -3.33. The third-order valence-electron chi connectivity index (χ3n) is 4.95. The standard InChI is InChI=1S/C22H24FN5O3/c1-13(2)7-20-26-21(31-27-20)12-28-10-16(11-28)30-15-4-6-19(25-9-15)17-5-3-14(22(24)29)8-18(17)23/h3-6,8-9,13,16H,7,10-12H2,1-2H3,(H2,24,29). The summed E-state index contributed by atoms with van der Waals surface area (Å²) >= 11 is 0. The zero-order valence-corrected chi connectivity index (χ0v) is 17.4. The van der Waals surface area contributed by atoms with Gasteiger partial charge in [-0.3, -0.25) is 14.7 Å². The summed E-state index contributed by atoms with van der Waals surface area (Å²) in [7, 11) is 0. The van der Waals surface area contributed by atoms with Gasteiger partial charge in [-0.15, -0.1) is 0 Å². The van der Waals surface area contributed by atoms with Gasteiger partial charge in [0.2, 0.25) is 11.8 Å². The van der Waals surface area contributed by atoms with Crippen molar-refractivity contribution in [1.29, 1.82) is 0 Å². The average molecular weight is 425 g/mol. The van der Waals surface area contributed by atoms with Crippen molar-refractivity contribution in [3.63, 3.8) is 0 Å². The molecule has 0 atom stereocenters. The van der Waals surface area contributed by atoms with Gasteiger partial charge in [-0.2, -0.15) is 4.98 Å². The van der Waals surface area contributed by atoms with Crippen LogP contribution in [0.15, 0.2) is 41.1 Å². The third-order valence-corrected chi connectivity index (χ3v) is 4.95. The molecule has 162 valence electrons. The number of carbonyl (C=O) groups excluding carboxylic acids is 1. The molecule has 1 fully saturated rings. The lowest BCUT2D eigenvalue weighted by Crippen LogP contribution is -2.53. The number of aromatic nitrogens is 3. The van der Waals surface area contributed by atoms with E-state index in [1.807, 2.05) is 0 Å². The Balaban J connectivity index is 1.29. The highest BCUT2D eigenvalue weighted by Crippen LogP contribution is 2.25. The van der Waals surface area contributed by atoms with E-state index in [0.29, 0.717) is 35.4 Å². The monoisotopic (exact) mass is 425 g/mol. The number of hydrogen-bond acceptors (Lipinski definition) is 7. The number of amides is 1. The summed E-state index contributed by atoms with van der Waals surface area (Å²) in [6.07, 6.45) is 2.41. The molecule has 0 unspecified atom stereocenters. The topological polar surface area (TPSA) is 107 Å². The van der Waals surface area contributed by atoms with Crippen molar-refractivity contribution in [2.24, 2.45) is 11.7 Å². The maximum atomic E-state index is 14.3. The predicted molar refractivity (Wildman–Crippen MR) is 111 cm³/mol. The first kappa shape index (κ1) is 20.9. The first-order valence-corrected chi connectivity index (χ1v) is 10.1. The first-order valence-electron chi connectivity index (χ1n) is 10.1. The fraction of sp³-hybridized carbons (Fsp3) is 0.364. The van der Waals surface area contributed by atoms with Crippen LogP contribution in [0.25, 0.3) is 11.3 Å². The van der Waals surface area contributed by atoms with Crippen molar-refractivity contribution in [3.05, 3.63) is 59.6 Å². The van der Waals surface area contributed by atoms with Crippen LogP contribution in [0.1, 0.15) is 35.9 Å². The van der Waals surface area contributed by atoms with Crippen molar-refractivity contribution >= 4 is 5.91 Å². The fourth-order valence-corrected chi connectivity index (χ4v) is 3.40. The van der Waals surface area contributed by atoms with Gasteiger partial charge in [0.25, 0.3) is 0 Å². The van der Waals surface area contributed by atoms with Crippen LogP contribution in [0.4, 0.5) is 4.39 Å². The van der Waals surface area contributed by atoms with E-state index in [0.717, 1.165) is 31.4 Å². The summed E-state index contributed by atoms with van der Waals surface area (Å²) in [5, 5.41) is 4.01. The average Bonchev–Trinajstić information content (AvgIpc) is 3.13. The molecule has 1 aliphatic rings. The number of halogens is 1. The number of pyridine rings is 1. The van der Waals surface area contributed by atoms with Crippen LogP contribution in [0.3, 0.4) is 0 Å². The van der Waals surface area contributed by atoms with E-state index in [1.165, 1.54) is 12.1 Å². The summed E-state index contributed by atoms with van der Waals surface area (Å²) in [4.78, 5) is 22.0. The lowest BCUT2D eigenvalue weighted by molar-refractivity contribution is 0.00844. The van der Waals surface area contributed by atoms with Crippen molar-refractivity contribution in [3.8, 4) is 17.0 Å². The second-order valence-electron chi connectivity index (χ2n) is 8.07. The maximum absolute atomic E-state index is 14.3. The van der Waals surface area contributed by atoms with Gasteiger partial charge in [-0.05, 0) is 36.2 Å². The highest BCUT2D eigenvalue weighted by molar-refractivity contribution is 5.93. The first-order chi connectivity index (χ1) is 14.9. The predicted octanol–water partition coefficient (Wildman–Crippen LogP) is 2.83. The number of primary amides is 1. The number of hydrogen-bond donors (Lipinski definition) is 1. The normalized spacial score (nSPS) is 14.6. The quantitative estimate of drug-likeness (QED) is 0.591. The minimum atomic E-state index is -0.674. The molecule has 3 aromatic rings. The van der Waals surface area contributed by atoms with Crippen molar-refractivity contribution < 1.29 is 18.4 Å². The molecule has 8 nitrogen and oxygen atoms in total. The van der Waals surface area contributed by atoms with Crippen LogP contribution in [0, 0.1) is 11.7 Å². The highest BCUT2D eigenvalue weighted by atomic mass is 19.1. The van der Waals surface area contributed by atoms with Crippen LogP contribution in [-0.4, -0.2) is 45.1 Å². The molecule has 0 saturated carbocycles. The Morgan fingerprint density at radius 3 is 2.77 bits per heavy atom. The van der Waals surface area contributed by atoms with Gasteiger partial charge in [0.05, 0.1) is 18.4 Å². The number of nitrogens with zero attached hydrogens (tertiary/aromatic N) is 4. The molecule has 0 radical (unpaired) electrons. The van der Waals surface area contributed by atoms with Crippen molar-refractivity contribution in [2.75, 3.05) is 13.1 Å². The number of likely N-dealkylation sites (tertiary alicyclic amines) is 1. The molecule has 4 rings (SSSR count). The molecule has 31 heavy (non-hydrogen) atoms. The summed E-state index contributed by atoms with van der Waals surface area (Å²) in [5.41, 5.74) is 6.04. The van der Waals surface area contributed by atoms with E-state index in [9.17, 15) is 9.18 Å². The maximum Gasteiger partial charge on any atom is 0.248 e. The van der Waals surface area contributed by atoms with Crippen LogP contribution in [0.5, 0.6) is 5.75 Å². The van der Waals surface area contributed by atoms with Gasteiger partial charge in [-0.1, -0.05) is 19.0 Å². The minimum absolute atomic E-state index is 0.0392. The summed E-state index contributed by atoms with van der Waals surface area (Å²) in [5.74, 6) is 1.23. The van der Waals surface area contributed by atoms with E-state index < -0.39 is 11.7 Å². The van der Waals surface area contributed by atoms with Crippen molar-refractivity contribution in [2.45, 2.75) is 32.9 Å². The molecule has 2 aromatic heterocycles. The van der Waals surface area contributed by atoms with Crippen LogP contribution >= 0.6 is 0 Å². The Bertz CT molecular complexity index is 1060. The third kappa shape index (κ3) is 5.05. The van der Waals surface area contributed by atoms with Gasteiger partial charge < -0.3 is 15.0 Å². The number of carbonyl (C=O) groups is 1. The minimum Gasteiger partial charge on any atom is -0.486 e. The van der Waals surface area contributed by atoms with Gasteiger partial charge in [0.1, 0.15) is 17.7 Å². The van der Waals surface area contributed by atoms with Crippen LogP contribution in [0.2, 0.25) is 0 Å². The second kappa shape index (κ2) is 8.81. The van der Waals surface area contributed by atoms with Gasteiger partial charge in [-0.25, -0.2) is 4.39 Å². The Morgan fingerprint density at radius 1 is 1.32 bits per heavy atom. The number of rotatable bonds is 8.